The molecule has 0 radical (unpaired) electrons. The van der Waals surface area contributed by atoms with E-state index in [2.05, 4.69) is 4.98 Å². The largest absolute Gasteiger partial charge is 0.489 e. The lowest BCUT2D eigenvalue weighted by Gasteiger charge is -2.42. The van der Waals surface area contributed by atoms with Crippen molar-refractivity contribution in [2.45, 2.75) is 57.6 Å². The zero-order valence-corrected chi connectivity index (χ0v) is 16.7. The Morgan fingerprint density at radius 1 is 1.36 bits per heavy atom. The molecule has 1 aromatic carbocycles. The predicted molar refractivity (Wildman–Crippen MR) is 107 cm³/mol. The third kappa shape index (κ3) is 3.11. The molecule has 2 amide bonds. The molecule has 3 N–H and O–H groups in total. The Morgan fingerprint density at radius 3 is 2.68 bits per heavy atom. The minimum Gasteiger partial charge on any atom is -0.489 e. The summed E-state index contributed by atoms with van der Waals surface area (Å²) in [7, 11) is 0. The summed E-state index contributed by atoms with van der Waals surface area (Å²) in [5.74, 6) is 0.125. The fourth-order valence-electron chi connectivity index (χ4n) is 3.80. The molecule has 28 heavy (non-hydrogen) atoms. The second kappa shape index (κ2) is 6.77. The number of hydrogen-bond acceptors (Lipinski definition) is 5. The SMILES string of the molecule is CC1(C)CCc2c(ccc(-c3csc(C(N)=O)n3)c2OC2CCC2)N1C(=O)O. The van der Waals surface area contributed by atoms with Gasteiger partial charge in [0.1, 0.15) is 5.75 Å². The molecule has 0 atom stereocenters. The number of benzene rings is 1. The quantitative estimate of drug-likeness (QED) is 0.804. The molecule has 8 heteroatoms. The number of nitrogens with zero attached hydrogens (tertiary/aromatic N) is 2. The van der Waals surface area contributed by atoms with Crippen LogP contribution >= 0.6 is 11.3 Å². The van der Waals surface area contributed by atoms with Crippen LogP contribution in [0.2, 0.25) is 0 Å². The second-order valence-corrected chi connectivity index (χ2v) is 8.80. The molecule has 1 aliphatic carbocycles. The molecule has 2 aromatic rings. The number of fused-ring (bicyclic) bond motifs is 1. The molecule has 4 rings (SSSR count). The molecular weight excluding hydrogens is 378 g/mol. The van der Waals surface area contributed by atoms with Crippen molar-refractivity contribution in [1.82, 2.24) is 4.98 Å². The van der Waals surface area contributed by atoms with Gasteiger partial charge in [-0.3, -0.25) is 9.69 Å². The first-order valence-electron chi connectivity index (χ1n) is 9.39. The summed E-state index contributed by atoms with van der Waals surface area (Å²) in [6.45, 7) is 3.87. The van der Waals surface area contributed by atoms with E-state index in [0.717, 1.165) is 36.8 Å². The molecule has 0 spiro atoms. The van der Waals surface area contributed by atoms with E-state index >= 15 is 0 Å². The lowest BCUT2D eigenvalue weighted by Crippen LogP contribution is -2.50. The fourth-order valence-corrected chi connectivity index (χ4v) is 4.47. The Balaban J connectivity index is 1.85. The normalized spacial score (nSPS) is 18.3. The molecule has 0 bridgehead atoms. The number of rotatable bonds is 4. The van der Waals surface area contributed by atoms with Gasteiger partial charge in [0, 0.05) is 22.0 Å². The van der Waals surface area contributed by atoms with Gasteiger partial charge in [-0.05, 0) is 58.1 Å². The lowest BCUT2D eigenvalue weighted by molar-refractivity contribution is 0.0999. The average Bonchev–Trinajstić information content (AvgIpc) is 3.06. The van der Waals surface area contributed by atoms with E-state index < -0.39 is 17.5 Å². The maximum absolute atomic E-state index is 12.0. The van der Waals surface area contributed by atoms with E-state index in [9.17, 15) is 14.7 Å². The zero-order chi connectivity index (χ0) is 20.1. The van der Waals surface area contributed by atoms with E-state index in [1.165, 1.54) is 16.2 Å². The van der Waals surface area contributed by atoms with Gasteiger partial charge in [-0.2, -0.15) is 0 Å². The number of aromatic nitrogens is 1. The molecule has 1 aliphatic heterocycles. The first kappa shape index (κ1) is 18.7. The Morgan fingerprint density at radius 2 is 2.11 bits per heavy atom. The van der Waals surface area contributed by atoms with Crippen LogP contribution in [0.1, 0.15) is 54.9 Å². The number of thiazole rings is 1. The zero-order valence-electron chi connectivity index (χ0n) is 15.9. The van der Waals surface area contributed by atoms with Crippen molar-refractivity contribution < 1.29 is 19.4 Å². The smallest absolute Gasteiger partial charge is 0.412 e. The van der Waals surface area contributed by atoms with Crippen LogP contribution in [0.5, 0.6) is 5.75 Å². The van der Waals surface area contributed by atoms with E-state index in [0.29, 0.717) is 23.6 Å². The molecule has 1 aromatic heterocycles. The number of primary amides is 1. The van der Waals surface area contributed by atoms with Gasteiger partial charge < -0.3 is 15.6 Å². The first-order valence-corrected chi connectivity index (χ1v) is 10.3. The lowest BCUT2D eigenvalue weighted by atomic mass is 9.85. The first-order chi connectivity index (χ1) is 13.3. The Bertz CT molecular complexity index is 949. The predicted octanol–water partition coefficient (Wildman–Crippen LogP) is 4.05. The van der Waals surface area contributed by atoms with Gasteiger partial charge in [0.2, 0.25) is 0 Å². The highest BCUT2D eigenvalue weighted by Crippen LogP contribution is 2.46. The molecular formula is C20H23N3O4S. The highest BCUT2D eigenvalue weighted by atomic mass is 32.1. The maximum Gasteiger partial charge on any atom is 0.412 e. The number of anilines is 1. The minimum atomic E-state index is -0.974. The number of ether oxygens (including phenoxy) is 1. The van der Waals surface area contributed by atoms with Crippen molar-refractivity contribution in [3.8, 4) is 17.0 Å². The minimum absolute atomic E-state index is 0.132. The van der Waals surface area contributed by atoms with Crippen molar-refractivity contribution in [3.05, 3.63) is 28.1 Å². The summed E-state index contributed by atoms with van der Waals surface area (Å²) in [6, 6.07) is 3.65. The number of amides is 2. The number of carboxylic acid groups (broad SMARTS) is 1. The van der Waals surface area contributed by atoms with Crippen LogP contribution in [0, 0.1) is 0 Å². The molecule has 7 nitrogen and oxygen atoms in total. The number of carbonyl (C=O) groups is 2. The highest BCUT2D eigenvalue weighted by molar-refractivity contribution is 7.12. The Kier molecular flexibility index (Phi) is 4.53. The van der Waals surface area contributed by atoms with Crippen LogP contribution < -0.4 is 15.4 Å². The maximum atomic E-state index is 12.0. The Hall–Kier alpha value is -2.61. The van der Waals surface area contributed by atoms with Gasteiger partial charge >= 0.3 is 6.09 Å². The molecule has 2 aliphatic rings. The van der Waals surface area contributed by atoms with E-state index in [1.54, 1.807) is 5.38 Å². The fraction of sp³-hybridized carbons (Fsp3) is 0.450. The molecule has 1 saturated carbocycles. The van der Waals surface area contributed by atoms with Crippen molar-refractivity contribution in [1.29, 1.82) is 0 Å². The number of nitrogens with two attached hydrogens (primary N) is 1. The molecule has 1 fully saturated rings. The van der Waals surface area contributed by atoms with Crippen molar-refractivity contribution >= 4 is 29.0 Å². The van der Waals surface area contributed by atoms with E-state index in [1.807, 2.05) is 26.0 Å². The topological polar surface area (TPSA) is 106 Å². The van der Waals surface area contributed by atoms with Gasteiger partial charge in [-0.1, -0.05) is 0 Å². The van der Waals surface area contributed by atoms with Crippen LogP contribution in [0.4, 0.5) is 10.5 Å². The van der Waals surface area contributed by atoms with E-state index in [-0.39, 0.29) is 11.1 Å². The van der Waals surface area contributed by atoms with Gasteiger partial charge in [0.25, 0.3) is 5.91 Å². The summed E-state index contributed by atoms with van der Waals surface area (Å²) >= 11 is 1.20. The van der Waals surface area contributed by atoms with Crippen LogP contribution in [-0.4, -0.2) is 33.7 Å². The molecule has 148 valence electrons. The highest BCUT2D eigenvalue weighted by Gasteiger charge is 2.39. The Labute approximate surface area is 167 Å². The molecule has 0 unspecified atom stereocenters. The van der Waals surface area contributed by atoms with Crippen LogP contribution in [-0.2, 0) is 6.42 Å². The summed E-state index contributed by atoms with van der Waals surface area (Å²) in [6.07, 6.45) is 3.67. The van der Waals surface area contributed by atoms with Gasteiger partial charge in [0.15, 0.2) is 5.01 Å². The summed E-state index contributed by atoms with van der Waals surface area (Å²) in [4.78, 5) is 29.2. The number of hydrogen-bond donors (Lipinski definition) is 2. The summed E-state index contributed by atoms with van der Waals surface area (Å²) < 4.78 is 6.33. The second-order valence-electron chi connectivity index (χ2n) is 7.94. The standard InChI is InChI=1S/C20H23N3O4S/c1-20(2)9-8-13-15(23(20)19(25)26)7-6-12(16(13)27-11-4-3-5-11)14-10-28-18(22-14)17(21)24/h6-7,10-11H,3-5,8-9H2,1-2H3,(H2,21,24)(H,25,26). The van der Waals surface area contributed by atoms with Crippen LogP contribution in [0.15, 0.2) is 17.5 Å². The van der Waals surface area contributed by atoms with Gasteiger partial charge in [0.05, 0.1) is 17.5 Å². The van der Waals surface area contributed by atoms with Crippen LogP contribution in [0.3, 0.4) is 0 Å². The van der Waals surface area contributed by atoms with E-state index in [4.69, 9.17) is 10.5 Å². The molecule has 2 heterocycles. The monoisotopic (exact) mass is 401 g/mol. The third-order valence-electron chi connectivity index (χ3n) is 5.59. The van der Waals surface area contributed by atoms with Crippen molar-refractivity contribution in [2.75, 3.05) is 4.90 Å². The summed E-state index contributed by atoms with van der Waals surface area (Å²) in [5.41, 5.74) is 7.81. The van der Waals surface area contributed by atoms with Crippen molar-refractivity contribution in [2.24, 2.45) is 5.73 Å². The average molecular weight is 401 g/mol. The van der Waals surface area contributed by atoms with Crippen molar-refractivity contribution in [3.63, 3.8) is 0 Å². The molecule has 0 saturated heterocycles. The van der Waals surface area contributed by atoms with Gasteiger partial charge in [-0.15, -0.1) is 11.3 Å². The summed E-state index contributed by atoms with van der Waals surface area (Å²) in [5, 5.41) is 11.9. The van der Waals surface area contributed by atoms with Gasteiger partial charge in [-0.25, -0.2) is 9.78 Å². The third-order valence-corrected chi connectivity index (χ3v) is 6.44. The van der Waals surface area contributed by atoms with Crippen LogP contribution in [0.25, 0.3) is 11.3 Å². The number of carbonyl (C=O) groups excluding carboxylic acids is 1.